The van der Waals surface area contributed by atoms with E-state index < -0.39 is 96.3 Å². The predicted molar refractivity (Wildman–Crippen MR) is 365 cm³/mol. The first-order valence-electron chi connectivity index (χ1n) is 33.2. The first-order valence-corrected chi connectivity index (χ1v) is 36.5. The largest absolute Gasteiger partial charge is 0.513 e. The highest BCUT2D eigenvalue weighted by molar-refractivity contribution is 7.54. The van der Waals surface area contributed by atoms with Gasteiger partial charge in [0.25, 0.3) is 0 Å². The predicted octanol–water partition coefficient (Wildman–Crippen LogP) is 13.2. The number of benzene rings is 3. The molecule has 0 aliphatic heterocycles. The molecule has 31 heteroatoms. The van der Waals surface area contributed by atoms with Crippen LogP contribution in [-0.2, 0) is 51.8 Å². The summed E-state index contributed by atoms with van der Waals surface area (Å²) in [6, 6.07) is 17.4. The molecule has 100 heavy (non-hydrogen) atoms. The standard InChI is InChI=1S/C32H46N3O8P.C23H27F5NO5P.C14H19N3O4/c1-5-11-25(12-6-2)20-40-30(37)24(4)21-44(39,43-27-14-9-8-10-15-27)42-23-32(22-41-29(36)13-7-3)18-26(32)19-35-17-16-28(33)34-31(35)38;1-4-9-15(10-5-2)13-32-23(30)14(3)29-35(31,33-16-11-7-6-8-12-16)34-22-20(27)18(25)17(24)19(26)21(22)28;1-2-3-12(19)21-9-14(8-18)6-10(14)7-17-5-4-11(15)16-13(17)20/h8-10,14-17,19,24-25H,5-7,11-13,18,20-23H2,1-4H3,(H2,33,34,38);6-8,11-12,14-15H,4-5,9-10,13H2,1-3H3,(H,29,31);4-5,7,18H,2-3,6,8-9H2,1H3,(H2,15,16,20)/b26-19-;;10-7-/t24-,32?,44+;14-,35-;/m10./s1. The normalized spacial score (nSPS) is 17.8. The van der Waals surface area contributed by atoms with E-state index >= 15 is 0 Å². The van der Waals surface area contributed by atoms with Crippen molar-refractivity contribution in [1.29, 1.82) is 0 Å². The molecule has 24 nitrogen and oxygen atoms in total. The molecule has 2 aliphatic rings. The number of nitrogens with zero attached hydrogens (tertiary/aromatic N) is 4. The van der Waals surface area contributed by atoms with Crippen LogP contribution < -0.4 is 41.5 Å². The Morgan fingerprint density at radius 3 is 1.44 bits per heavy atom. The first-order chi connectivity index (χ1) is 47.6. The van der Waals surface area contributed by atoms with Crippen molar-refractivity contribution < 1.29 is 92.4 Å². The summed E-state index contributed by atoms with van der Waals surface area (Å²) in [6.07, 6.45) is 16.3. The number of aromatic nitrogens is 4. The smallest absolute Gasteiger partial charge is 0.465 e. The van der Waals surface area contributed by atoms with Gasteiger partial charge >= 0.3 is 50.6 Å². The van der Waals surface area contributed by atoms with Gasteiger partial charge in [0.05, 0.1) is 49.3 Å². The second-order valence-electron chi connectivity index (χ2n) is 24.5. The minimum atomic E-state index is -4.94. The zero-order chi connectivity index (χ0) is 73.8. The Morgan fingerprint density at radius 2 is 1.00 bits per heavy atom. The van der Waals surface area contributed by atoms with Crippen LogP contribution in [-0.4, -0.2) is 99.9 Å². The average Bonchev–Trinajstić information content (AvgIpc) is 1.47. The molecular weight excluding hydrogens is 1360 g/mol. The summed E-state index contributed by atoms with van der Waals surface area (Å²) in [7, 11) is -8.87. The highest BCUT2D eigenvalue weighted by Gasteiger charge is 2.53. The highest BCUT2D eigenvalue weighted by atomic mass is 31.2. The maximum atomic E-state index is 14.3. The van der Waals surface area contributed by atoms with Gasteiger partial charge in [0.15, 0.2) is 0 Å². The van der Waals surface area contributed by atoms with Gasteiger partial charge in [-0.05, 0) is 118 Å². The van der Waals surface area contributed by atoms with Gasteiger partial charge in [0, 0.05) is 37.6 Å². The fourth-order valence-corrected chi connectivity index (χ4v) is 13.6. The Balaban J connectivity index is 0.000000287. The molecule has 0 bridgehead atoms. The number of hydrogen-bond donors (Lipinski definition) is 4. The van der Waals surface area contributed by atoms with E-state index in [2.05, 4.69) is 28.9 Å². The lowest BCUT2D eigenvalue weighted by Crippen LogP contribution is -2.36. The third-order valence-corrected chi connectivity index (χ3v) is 19.5. The lowest BCUT2D eigenvalue weighted by molar-refractivity contribution is -0.149. The Morgan fingerprint density at radius 1 is 0.580 bits per heavy atom. The molecule has 6 atom stereocenters. The maximum Gasteiger partial charge on any atom is 0.513 e. The Hall–Kier alpha value is -8.23. The molecule has 5 aromatic rings. The molecule has 3 aromatic carbocycles. The van der Waals surface area contributed by atoms with Gasteiger partial charge < -0.3 is 49.1 Å². The number of aliphatic hydroxyl groups excluding tert-OH is 1. The zero-order valence-electron chi connectivity index (χ0n) is 57.6. The van der Waals surface area contributed by atoms with Gasteiger partial charge in [0.1, 0.15) is 42.4 Å². The number of nitrogens with two attached hydrogens (primary N) is 2. The monoisotopic (exact) mass is 1450 g/mol. The number of hydrogen-bond acceptors (Lipinski definition) is 21. The number of carbonyl (C=O) groups is 4. The number of esters is 4. The summed E-state index contributed by atoms with van der Waals surface area (Å²) < 4.78 is 143. The SMILES string of the molecule is CCCC(=O)OCC1(CO)C/C1=C/n1ccc(N)nc1=O.CCCC(=O)OCC1(CO[P@@](=O)(C[C@@H](C)C(=O)OCC(CCC)CCC)Oc2ccccc2)C/C1=C/n1ccc(N)nc1=O.CCCC(CCC)COC(=O)[C@H](C)N[P@](=O)(Oc1ccccc1)Oc1c(F)c(F)c(F)c(F)c1F. The Bertz CT molecular complexity index is 3770. The fraction of sp³-hybridized carbons (Fsp3) is 0.507. The first kappa shape index (κ1) is 82.4. The van der Waals surface area contributed by atoms with Gasteiger partial charge in [-0.1, -0.05) is 111 Å². The molecule has 2 fully saturated rings. The minimum absolute atomic E-state index is 0.0337. The number of nitrogens with one attached hydrogen (secondary N) is 1. The molecule has 550 valence electrons. The number of halogens is 5. The molecule has 7 rings (SSSR count). The lowest BCUT2D eigenvalue weighted by Gasteiger charge is -2.25. The quantitative estimate of drug-likeness (QED) is 0.00712. The summed E-state index contributed by atoms with van der Waals surface area (Å²) >= 11 is 0. The molecule has 0 amide bonds. The Labute approximate surface area is 578 Å². The molecule has 2 unspecified atom stereocenters. The summed E-state index contributed by atoms with van der Waals surface area (Å²) in [5, 5.41) is 11.7. The van der Waals surface area contributed by atoms with E-state index in [1.807, 2.05) is 27.7 Å². The number of nitrogen functional groups attached to an aromatic ring is 2. The van der Waals surface area contributed by atoms with E-state index in [0.29, 0.717) is 38.0 Å². The van der Waals surface area contributed by atoms with E-state index in [9.17, 15) is 65.0 Å². The van der Waals surface area contributed by atoms with Crippen molar-refractivity contribution in [2.45, 2.75) is 151 Å². The van der Waals surface area contributed by atoms with Crippen molar-refractivity contribution in [2.24, 2.45) is 28.6 Å². The van der Waals surface area contributed by atoms with Crippen molar-refractivity contribution in [3.05, 3.63) is 146 Å². The molecule has 2 heterocycles. The second kappa shape index (κ2) is 39.7. The van der Waals surface area contributed by atoms with Crippen molar-refractivity contribution in [1.82, 2.24) is 24.2 Å². The van der Waals surface area contributed by atoms with Crippen LogP contribution in [0.4, 0.5) is 33.6 Å². The topological polar surface area (TPSA) is 330 Å². The van der Waals surface area contributed by atoms with Crippen LogP contribution in [0.15, 0.2) is 106 Å². The Kier molecular flexibility index (Phi) is 32.7. The van der Waals surface area contributed by atoms with Crippen LogP contribution in [0.2, 0.25) is 0 Å². The van der Waals surface area contributed by atoms with E-state index in [1.54, 1.807) is 55.7 Å². The van der Waals surface area contributed by atoms with E-state index in [0.717, 1.165) is 68.9 Å². The summed E-state index contributed by atoms with van der Waals surface area (Å²) in [6.45, 7) is 15.1. The molecule has 6 N–H and O–H groups in total. The average molecular weight is 1450 g/mol. The van der Waals surface area contributed by atoms with E-state index in [-0.39, 0.29) is 86.8 Å². The molecule has 2 aliphatic carbocycles. The van der Waals surface area contributed by atoms with Crippen molar-refractivity contribution >= 4 is 63.3 Å². The van der Waals surface area contributed by atoms with E-state index in [4.69, 9.17) is 48.5 Å². The molecule has 2 saturated carbocycles. The third kappa shape index (κ3) is 25.4. The highest BCUT2D eigenvalue weighted by Crippen LogP contribution is 2.58. The second-order valence-corrected chi connectivity index (χ2v) is 28.2. The van der Waals surface area contributed by atoms with Gasteiger partial charge in [-0.3, -0.25) is 32.8 Å². The summed E-state index contributed by atoms with van der Waals surface area (Å²) in [4.78, 5) is 80.4. The zero-order valence-corrected chi connectivity index (χ0v) is 59.4. The minimum Gasteiger partial charge on any atom is -0.465 e. The number of aliphatic hydroxyl groups is 1. The van der Waals surface area contributed by atoms with Gasteiger partial charge in [-0.25, -0.2) is 31.9 Å². The molecule has 0 radical (unpaired) electrons. The number of rotatable bonds is 38. The van der Waals surface area contributed by atoms with Crippen LogP contribution in [0.1, 0.15) is 145 Å². The van der Waals surface area contributed by atoms with Gasteiger partial charge in [-0.2, -0.15) is 23.8 Å². The molecule has 0 saturated heterocycles. The van der Waals surface area contributed by atoms with E-state index in [1.165, 1.54) is 64.8 Å². The fourth-order valence-electron chi connectivity index (χ4n) is 10.1. The molecule has 0 spiro atoms. The van der Waals surface area contributed by atoms with Crippen LogP contribution in [0.3, 0.4) is 0 Å². The van der Waals surface area contributed by atoms with Crippen molar-refractivity contribution in [3.63, 3.8) is 0 Å². The van der Waals surface area contributed by atoms with Crippen molar-refractivity contribution in [2.75, 3.05) is 57.3 Å². The third-order valence-electron chi connectivity index (χ3n) is 15.9. The van der Waals surface area contributed by atoms with Gasteiger partial charge in [0.2, 0.25) is 34.8 Å². The summed E-state index contributed by atoms with van der Waals surface area (Å²) in [5.74, 6) is -15.4. The maximum absolute atomic E-state index is 14.3. The number of carbonyl (C=O) groups excluding carboxylic acids is 4. The summed E-state index contributed by atoms with van der Waals surface area (Å²) in [5.41, 5.74) is 10.2. The molecule has 2 aromatic heterocycles. The van der Waals surface area contributed by atoms with Crippen LogP contribution in [0, 0.1) is 57.7 Å². The van der Waals surface area contributed by atoms with Crippen LogP contribution in [0.5, 0.6) is 17.2 Å². The number of para-hydroxylation sites is 2. The number of ether oxygens (including phenoxy) is 4. The number of anilines is 2. The van der Waals surface area contributed by atoms with Crippen LogP contribution in [0.25, 0.3) is 12.4 Å². The molecular formula is C69H92F5N7O17P2. The lowest BCUT2D eigenvalue weighted by atomic mass is 9.99. The van der Waals surface area contributed by atoms with Gasteiger partial charge in [-0.15, -0.1) is 0 Å². The van der Waals surface area contributed by atoms with Crippen LogP contribution >= 0.6 is 15.3 Å². The van der Waals surface area contributed by atoms with Crippen molar-refractivity contribution in [3.8, 4) is 17.2 Å².